The SMILES string of the molecule is O.O=[Si]([O-])O[Si](=O)[O-].[Al].[Fe].[Mg].[OH-]. The van der Waals surface area contributed by atoms with Crippen molar-refractivity contribution in [3.8, 4) is 0 Å². The fraction of sp³-hybridized carbons (Fsp3) is 0. The Kier molecular flexibility index (Phi) is 71.9. The molecule has 0 heterocycles. The van der Waals surface area contributed by atoms with Gasteiger partial charge in [-0.15, -0.1) is 0 Å². The summed E-state index contributed by atoms with van der Waals surface area (Å²) in [6.07, 6.45) is 0. The van der Waals surface area contributed by atoms with Crippen LogP contribution in [0.5, 0.6) is 0 Å². The van der Waals surface area contributed by atoms with Crippen molar-refractivity contribution >= 4 is 58.8 Å². The molecule has 0 aliphatic rings. The second-order valence-corrected chi connectivity index (χ2v) is 2.42. The molecule has 12 heteroatoms. The minimum absolute atomic E-state index is 0. The first kappa shape index (κ1) is 37.9. The van der Waals surface area contributed by atoms with E-state index in [2.05, 4.69) is 4.12 Å². The summed E-state index contributed by atoms with van der Waals surface area (Å²) in [6, 6.07) is 0. The largest absolute Gasteiger partial charge is 0.870 e. The molecule has 0 bridgehead atoms. The molecular formula is H3AlFeMgO7Si2-3. The molecule has 0 atom stereocenters. The molecule has 0 spiro atoms. The van der Waals surface area contributed by atoms with Gasteiger partial charge in [0.05, 0.1) is 0 Å². The molecule has 0 unspecified atom stereocenters. The standard InChI is InChI=1S/Al.Fe.Mg.O5Si2.2H2O/c;;;1-6(2)5-7(3)4;;/h;;;;2*1H2/q;;;-2;;/p-1. The average Bonchev–Trinajstić information content (AvgIpc) is 1.27. The van der Waals surface area contributed by atoms with Crippen LogP contribution < -0.4 is 9.59 Å². The van der Waals surface area contributed by atoms with Crippen molar-refractivity contribution in [2.45, 2.75) is 0 Å². The molecule has 69 valence electrons. The molecule has 0 fully saturated rings. The molecule has 0 aliphatic heterocycles. The molecule has 7 nitrogen and oxygen atoms in total. The molecule has 0 saturated carbocycles. The van der Waals surface area contributed by atoms with Gasteiger partial charge < -0.3 is 33.6 Å². The van der Waals surface area contributed by atoms with Crippen LogP contribution in [0.25, 0.3) is 0 Å². The van der Waals surface area contributed by atoms with E-state index in [9.17, 15) is 18.5 Å². The number of rotatable bonds is 2. The molecule has 5 radical (unpaired) electrons. The third kappa shape index (κ3) is 43.2. The quantitative estimate of drug-likeness (QED) is 0.460. The Morgan fingerprint density at radius 3 is 1.25 bits per heavy atom. The van der Waals surface area contributed by atoms with Gasteiger partial charge in [0, 0.05) is 57.5 Å². The molecule has 0 amide bonds. The van der Waals surface area contributed by atoms with Gasteiger partial charge in [-0.05, 0) is 0 Å². The second-order valence-electron chi connectivity index (χ2n) is 0.602. The van der Waals surface area contributed by atoms with Crippen molar-refractivity contribution in [1.82, 2.24) is 0 Å². The van der Waals surface area contributed by atoms with Crippen molar-refractivity contribution in [3.63, 3.8) is 0 Å². The van der Waals surface area contributed by atoms with Gasteiger partial charge in [-0.3, -0.25) is 0 Å². The number of hydrogen-bond donors (Lipinski definition) is 0. The van der Waals surface area contributed by atoms with Crippen molar-refractivity contribution in [2.24, 2.45) is 0 Å². The van der Waals surface area contributed by atoms with E-state index in [1.807, 2.05) is 0 Å². The minimum atomic E-state index is -3.51. The Hall–Kier alpha value is 1.17. The molecule has 0 saturated heterocycles. The van der Waals surface area contributed by atoms with Gasteiger partial charge in [-0.2, -0.15) is 0 Å². The Balaban J connectivity index is -0.0000000180. The Morgan fingerprint density at radius 1 is 1.08 bits per heavy atom. The molecule has 0 aliphatic carbocycles. The summed E-state index contributed by atoms with van der Waals surface area (Å²) in [7, 11) is -7.03. The molecule has 3 N–H and O–H groups in total. The van der Waals surface area contributed by atoms with Crippen LogP contribution in [0.2, 0.25) is 0 Å². The molecule has 0 aromatic rings. The summed E-state index contributed by atoms with van der Waals surface area (Å²) in [5, 5.41) is 0. The van der Waals surface area contributed by atoms with Crippen LogP contribution in [0, 0.1) is 0 Å². The van der Waals surface area contributed by atoms with Crippen LogP contribution in [-0.4, -0.2) is 69.7 Å². The van der Waals surface area contributed by atoms with Gasteiger partial charge in [0.2, 0.25) is 0 Å². The van der Waals surface area contributed by atoms with Crippen LogP contribution in [0.4, 0.5) is 0 Å². The zero-order chi connectivity index (χ0) is 5.86. The van der Waals surface area contributed by atoms with Crippen LogP contribution >= 0.6 is 0 Å². The Bertz CT molecular complexity index is 97.6. The van der Waals surface area contributed by atoms with Crippen molar-refractivity contribution < 1.29 is 50.7 Å². The molecule has 0 aromatic carbocycles. The molecular weight excluding hydrogens is 275 g/mol. The predicted molar refractivity (Wildman–Crippen MR) is 31.0 cm³/mol. The zero-order valence-electron chi connectivity index (χ0n) is 5.63. The maximum atomic E-state index is 9.29. The maximum absolute atomic E-state index is 9.29. The van der Waals surface area contributed by atoms with Gasteiger partial charge in [0.1, 0.15) is 0 Å². The first-order valence-corrected chi connectivity index (χ1v) is 3.67. The summed E-state index contributed by atoms with van der Waals surface area (Å²) >= 11 is 0. The summed E-state index contributed by atoms with van der Waals surface area (Å²) in [5.41, 5.74) is 0. The topological polar surface area (TPSA) is 151 Å². The first-order chi connectivity index (χ1) is 3.13. The second kappa shape index (κ2) is 22.7. The first-order valence-electron chi connectivity index (χ1n) is 1.22. The van der Waals surface area contributed by atoms with Gasteiger partial charge in [0.15, 0.2) is 0 Å². The van der Waals surface area contributed by atoms with E-state index in [0.29, 0.717) is 0 Å². The van der Waals surface area contributed by atoms with Crippen molar-refractivity contribution in [2.75, 3.05) is 0 Å². The van der Waals surface area contributed by atoms with Gasteiger partial charge in [0.25, 0.3) is 0 Å². The van der Waals surface area contributed by atoms with Crippen molar-refractivity contribution in [3.05, 3.63) is 0 Å². The molecule has 12 heavy (non-hydrogen) atoms. The molecule has 0 rings (SSSR count). The number of hydrogen-bond acceptors (Lipinski definition) is 6. The van der Waals surface area contributed by atoms with E-state index < -0.39 is 18.3 Å². The van der Waals surface area contributed by atoms with E-state index in [4.69, 9.17) is 0 Å². The van der Waals surface area contributed by atoms with E-state index in [0.717, 1.165) is 0 Å². The Labute approximate surface area is 109 Å². The Morgan fingerprint density at radius 2 is 1.25 bits per heavy atom. The smallest absolute Gasteiger partial charge is 0.410 e. The van der Waals surface area contributed by atoms with Crippen LogP contribution in [0.3, 0.4) is 0 Å². The third-order valence-electron chi connectivity index (χ3n) is 0.167. The average molecular weight is 278 g/mol. The predicted octanol–water partition coefficient (Wildman–Crippen LogP) is -5.21. The third-order valence-corrected chi connectivity index (χ3v) is 1.50. The summed E-state index contributed by atoms with van der Waals surface area (Å²) in [6.45, 7) is 0. The van der Waals surface area contributed by atoms with Gasteiger partial charge in [-0.25, -0.2) is 0 Å². The van der Waals surface area contributed by atoms with Crippen molar-refractivity contribution in [1.29, 1.82) is 0 Å². The summed E-state index contributed by atoms with van der Waals surface area (Å²) in [4.78, 5) is 18.6. The fourth-order valence-corrected chi connectivity index (χ4v) is 0.612. The van der Waals surface area contributed by atoms with Gasteiger partial charge in [-0.1, -0.05) is 0 Å². The van der Waals surface area contributed by atoms with Crippen LogP contribution in [-0.2, 0) is 30.1 Å². The van der Waals surface area contributed by atoms with E-state index in [1.165, 1.54) is 0 Å². The summed E-state index contributed by atoms with van der Waals surface area (Å²) < 4.78 is 21.8. The fourth-order valence-electron chi connectivity index (χ4n) is 0.0680. The van der Waals surface area contributed by atoms with E-state index in [1.54, 1.807) is 0 Å². The van der Waals surface area contributed by atoms with Gasteiger partial charge >= 0.3 is 18.3 Å². The van der Waals surface area contributed by atoms with Crippen LogP contribution in [0.15, 0.2) is 0 Å². The zero-order valence-corrected chi connectivity index (χ0v) is 11.3. The normalized spacial score (nSPS) is 4.33. The molecule has 0 aromatic heterocycles. The minimum Gasteiger partial charge on any atom is -0.870 e. The van der Waals surface area contributed by atoms with E-state index >= 15 is 0 Å². The summed E-state index contributed by atoms with van der Waals surface area (Å²) in [5.74, 6) is 0. The maximum Gasteiger partial charge on any atom is 0.410 e. The van der Waals surface area contributed by atoms with Crippen LogP contribution in [0.1, 0.15) is 0 Å². The monoisotopic (exact) mass is 278 g/mol. The van der Waals surface area contributed by atoms with E-state index in [-0.39, 0.29) is 68.4 Å².